The van der Waals surface area contributed by atoms with Crippen LogP contribution in [0.4, 0.5) is 0 Å². The molecule has 0 aliphatic carbocycles. The normalized spacial score (nSPS) is 10.2. The molecule has 2 rings (SSSR count). The summed E-state index contributed by atoms with van der Waals surface area (Å²) in [6, 6.07) is 8.36. The first kappa shape index (κ1) is 8.91. The van der Waals surface area contributed by atoms with Crippen LogP contribution in [-0.2, 0) is 6.42 Å². The zero-order chi connectivity index (χ0) is 9.10. The topological polar surface area (TPSA) is 12.9 Å². The van der Waals surface area contributed by atoms with Crippen molar-refractivity contribution in [2.75, 3.05) is 0 Å². The van der Waals surface area contributed by atoms with Crippen LogP contribution in [0.3, 0.4) is 0 Å². The Labute approximate surface area is 89.6 Å². The Kier molecular flexibility index (Phi) is 2.76. The van der Waals surface area contributed by atoms with Crippen molar-refractivity contribution in [1.82, 2.24) is 4.98 Å². The number of aromatic nitrogens is 1. The summed E-state index contributed by atoms with van der Waals surface area (Å²) in [4.78, 5) is 5.35. The minimum absolute atomic E-state index is 0.976. The molecular weight excluding hydrogens is 246 g/mol. The van der Waals surface area contributed by atoms with E-state index in [1.807, 2.05) is 17.8 Å². The molecule has 0 atom stereocenters. The van der Waals surface area contributed by atoms with Crippen LogP contribution in [0, 0.1) is 0 Å². The van der Waals surface area contributed by atoms with Gasteiger partial charge < -0.3 is 0 Å². The van der Waals surface area contributed by atoms with E-state index in [9.17, 15) is 0 Å². The van der Waals surface area contributed by atoms with Gasteiger partial charge >= 0.3 is 0 Å². The molecule has 2 aromatic rings. The van der Waals surface area contributed by atoms with E-state index in [0.717, 1.165) is 10.9 Å². The van der Waals surface area contributed by atoms with Crippen molar-refractivity contribution in [1.29, 1.82) is 0 Å². The summed E-state index contributed by atoms with van der Waals surface area (Å²) in [7, 11) is 0. The van der Waals surface area contributed by atoms with E-state index in [2.05, 4.69) is 39.1 Å². The Morgan fingerprint density at radius 2 is 2.31 bits per heavy atom. The average molecular weight is 254 g/mol. The first-order valence-electron chi connectivity index (χ1n) is 3.96. The highest BCUT2D eigenvalue weighted by atomic mass is 79.9. The predicted octanol–water partition coefficient (Wildman–Crippen LogP) is 3.50. The van der Waals surface area contributed by atoms with Crippen molar-refractivity contribution in [3.63, 3.8) is 0 Å². The Morgan fingerprint density at radius 3 is 3.00 bits per heavy atom. The summed E-state index contributed by atoms with van der Waals surface area (Å²) in [5.41, 5.74) is 3.19. The molecule has 0 bridgehead atoms. The number of rotatable bonds is 2. The number of thiazole rings is 1. The molecule has 13 heavy (non-hydrogen) atoms. The van der Waals surface area contributed by atoms with Crippen LogP contribution >= 0.6 is 27.3 Å². The predicted molar refractivity (Wildman–Crippen MR) is 59.1 cm³/mol. The molecule has 0 saturated heterocycles. The van der Waals surface area contributed by atoms with Gasteiger partial charge in [0, 0.05) is 22.0 Å². The van der Waals surface area contributed by atoms with Gasteiger partial charge in [-0.05, 0) is 17.7 Å². The molecule has 0 fully saturated rings. The Bertz CT molecular complexity index is 384. The third kappa shape index (κ3) is 2.39. The second-order valence-corrected chi connectivity index (χ2v) is 4.66. The van der Waals surface area contributed by atoms with Crippen molar-refractivity contribution in [3.8, 4) is 0 Å². The van der Waals surface area contributed by atoms with Gasteiger partial charge in [-0.1, -0.05) is 28.1 Å². The number of hydrogen-bond donors (Lipinski definition) is 0. The van der Waals surface area contributed by atoms with Crippen molar-refractivity contribution in [3.05, 3.63) is 50.9 Å². The zero-order valence-corrected chi connectivity index (χ0v) is 9.31. The molecule has 0 saturated carbocycles. The molecule has 0 spiro atoms. The highest BCUT2D eigenvalue weighted by Crippen LogP contribution is 2.16. The van der Waals surface area contributed by atoms with E-state index >= 15 is 0 Å². The summed E-state index contributed by atoms with van der Waals surface area (Å²) in [5, 5.41) is 0. The molecule has 66 valence electrons. The number of benzene rings is 1. The second-order valence-electron chi connectivity index (χ2n) is 2.77. The molecule has 1 aromatic carbocycles. The molecule has 0 unspecified atom stereocenters. The van der Waals surface area contributed by atoms with Crippen molar-refractivity contribution in [2.24, 2.45) is 0 Å². The lowest BCUT2D eigenvalue weighted by molar-refractivity contribution is 1.21. The lowest BCUT2D eigenvalue weighted by Crippen LogP contribution is -1.83. The van der Waals surface area contributed by atoms with Crippen molar-refractivity contribution >= 4 is 27.3 Å². The zero-order valence-electron chi connectivity index (χ0n) is 6.90. The van der Waals surface area contributed by atoms with Crippen molar-refractivity contribution < 1.29 is 0 Å². The second kappa shape index (κ2) is 4.03. The van der Waals surface area contributed by atoms with E-state index in [4.69, 9.17) is 0 Å². The maximum Gasteiger partial charge on any atom is 0.0794 e. The largest absolute Gasteiger partial charge is 0.253 e. The molecule has 3 heteroatoms. The number of halogens is 1. The summed E-state index contributed by atoms with van der Waals surface area (Å²) in [6.45, 7) is 0. The molecular formula is C10H8BrNS. The summed E-state index contributed by atoms with van der Waals surface area (Å²) >= 11 is 5.15. The third-order valence-corrected chi connectivity index (χ3v) is 3.02. The fraction of sp³-hybridized carbons (Fsp3) is 0.100. The molecule has 1 heterocycles. The van der Waals surface area contributed by atoms with Gasteiger partial charge in [0.2, 0.25) is 0 Å². The number of nitrogens with zero attached hydrogens (tertiary/aromatic N) is 1. The Hall–Kier alpha value is -0.670. The SMILES string of the molecule is Brc1cccc(Cc2cncs2)c1. The minimum atomic E-state index is 0.976. The maximum absolute atomic E-state index is 4.05. The average Bonchev–Trinajstić information content (AvgIpc) is 2.57. The van der Waals surface area contributed by atoms with Crippen LogP contribution in [0.1, 0.15) is 10.4 Å². The van der Waals surface area contributed by atoms with Crippen LogP contribution in [0.25, 0.3) is 0 Å². The first-order valence-corrected chi connectivity index (χ1v) is 5.64. The molecule has 1 aromatic heterocycles. The monoisotopic (exact) mass is 253 g/mol. The number of hydrogen-bond acceptors (Lipinski definition) is 2. The van der Waals surface area contributed by atoms with Gasteiger partial charge in [0.25, 0.3) is 0 Å². The fourth-order valence-electron chi connectivity index (χ4n) is 1.18. The summed E-state index contributed by atoms with van der Waals surface area (Å²) in [5.74, 6) is 0. The van der Waals surface area contributed by atoms with E-state index in [-0.39, 0.29) is 0 Å². The minimum Gasteiger partial charge on any atom is -0.253 e. The van der Waals surface area contributed by atoms with Crippen LogP contribution in [0.2, 0.25) is 0 Å². The van der Waals surface area contributed by atoms with E-state index in [1.54, 1.807) is 11.3 Å². The van der Waals surface area contributed by atoms with Gasteiger partial charge in [-0.25, -0.2) is 0 Å². The lowest BCUT2D eigenvalue weighted by Gasteiger charge is -1.98. The van der Waals surface area contributed by atoms with Gasteiger partial charge in [0.05, 0.1) is 5.51 Å². The van der Waals surface area contributed by atoms with Gasteiger partial charge in [0.15, 0.2) is 0 Å². The van der Waals surface area contributed by atoms with Gasteiger partial charge in [-0.2, -0.15) is 0 Å². The highest BCUT2D eigenvalue weighted by molar-refractivity contribution is 9.10. The molecule has 0 N–H and O–H groups in total. The molecule has 0 amide bonds. The quantitative estimate of drug-likeness (QED) is 0.799. The van der Waals surface area contributed by atoms with E-state index < -0.39 is 0 Å². The molecule has 0 aliphatic rings. The smallest absolute Gasteiger partial charge is 0.0794 e. The Balaban J connectivity index is 2.19. The van der Waals surface area contributed by atoms with E-state index in [0.29, 0.717) is 0 Å². The van der Waals surface area contributed by atoms with Gasteiger partial charge in [-0.3, -0.25) is 4.98 Å². The molecule has 1 nitrogen and oxygen atoms in total. The molecule has 0 radical (unpaired) electrons. The van der Waals surface area contributed by atoms with Crippen LogP contribution in [0.15, 0.2) is 40.4 Å². The highest BCUT2D eigenvalue weighted by Gasteiger charge is 1.97. The lowest BCUT2D eigenvalue weighted by atomic mass is 10.1. The molecule has 0 aliphatic heterocycles. The summed E-state index contributed by atoms with van der Waals surface area (Å²) < 4.78 is 1.13. The van der Waals surface area contributed by atoms with Gasteiger partial charge in [-0.15, -0.1) is 11.3 Å². The van der Waals surface area contributed by atoms with Crippen LogP contribution < -0.4 is 0 Å². The van der Waals surface area contributed by atoms with Gasteiger partial charge in [0.1, 0.15) is 0 Å². The third-order valence-electron chi connectivity index (χ3n) is 1.75. The first-order chi connectivity index (χ1) is 6.34. The van der Waals surface area contributed by atoms with Crippen LogP contribution in [-0.4, -0.2) is 4.98 Å². The van der Waals surface area contributed by atoms with Crippen molar-refractivity contribution in [2.45, 2.75) is 6.42 Å². The summed E-state index contributed by atoms with van der Waals surface area (Å²) in [6.07, 6.45) is 2.90. The van der Waals surface area contributed by atoms with Crippen LogP contribution in [0.5, 0.6) is 0 Å². The maximum atomic E-state index is 4.05. The standard InChI is InChI=1S/C10H8BrNS/c11-9-3-1-2-8(4-9)5-10-6-12-7-13-10/h1-4,6-7H,5H2. The fourth-order valence-corrected chi connectivity index (χ4v) is 2.25. The Morgan fingerprint density at radius 1 is 1.38 bits per heavy atom. The van der Waals surface area contributed by atoms with E-state index in [1.165, 1.54) is 10.4 Å².